The molecule has 0 spiro atoms. The van der Waals surface area contributed by atoms with Gasteiger partial charge in [-0.1, -0.05) is 54.6 Å². The number of aliphatic hydroxyl groups excluding tert-OH is 1. The van der Waals surface area contributed by atoms with Gasteiger partial charge in [-0.05, 0) is 41.7 Å². The summed E-state index contributed by atoms with van der Waals surface area (Å²) in [7, 11) is 0. The van der Waals surface area contributed by atoms with Gasteiger partial charge in [0.05, 0.1) is 6.10 Å². The van der Waals surface area contributed by atoms with Crippen LogP contribution in [-0.4, -0.2) is 5.11 Å². The van der Waals surface area contributed by atoms with E-state index in [9.17, 15) is 5.11 Å². The average Bonchev–Trinajstić information content (AvgIpc) is 2.42. The lowest BCUT2D eigenvalue weighted by atomic mass is 9.81. The minimum absolute atomic E-state index is 0.0517. The van der Waals surface area contributed by atoms with Crippen LogP contribution in [0.5, 0.6) is 0 Å². The van der Waals surface area contributed by atoms with Crippen LogP contribution in [0.2, 0.25) is 0 Å². The zero-order chi connectivity index (χ0) is 13.4. The first-order valence-corrected chi connectivity index (χ1v) is 6.69. The summed E-state index contributed by atoms with van der Waals surface area (Å²) >= 11 is 0. The van der Waals surface area contributed by atoms with Crippen LogP contribution in [0, 0.1) is 13.8 Å². The van der Waals surface area contributed by atoms with Crippen LogP contribution in [0.4, 0.5) is 0 Å². The molecule has 1 nitrogen and oxygen atoms in total. The van der Waals surface area contributed by atoms with Crippen molar-refractivity contribution >= 4 is 6.08 Å². The summed E-state index contributed by atoms with van der Waals surface area (Å²) in [5.41, 5.74) is 5.85. The van der Waals surface area contributed by atoms with Crippen molar-refractivity contribution in [2.75, 3.05) is 0 Å². The van der Waals surface area contributed by atoms with Gasteiger partial charge < -0.3 is 5.11 Å². The molecule has 1 aliphatic carbocycles. The fraction of sp³-hybridized carbons (Fsp3) is 0.222. The quantitative estimate of drug-likeness (QED) is 0.806. The number of rotatable bonds is 1. The van der Waals surface area contributed by atoms with Crippen LogP contribution in [0.3, 0.4) is 0 Å². The van der Waals surface area contributed by atoms with E-state index in [-0.39, 0.29) is 5.92 Å². The fourth-order valence-electron chi connectivity index (χ4n) is 2.74. The van der Waals surface area contributed by atoms with Crippen molar-refractivity contribution in [1.29, 1.82) is 0 Å². The Balaban J connectivity index is 2.05. The van der Waals surface area contributed by atoms with E-state index in [4.69, 9.17) is 0 Å². The third-order valence-electron chi connectivity index (χ3n) is 4.03. The van der Waals surface area contributed by atoms with Crippen LogP contribution in [0.1, 0.15) is 39.8 Å². The van der Waals surface area contributed by atoms with Crippen molar-refractivity contribution in [3.8, 4) is 0 Å². The number of aliphatic hydroxyl groups is 1. The first-order chi connectivity index (χ1) is 9.16. The SMILES string of the molecule is Cc1cc2c(cc1C)[C@H](O)[C@H](c1ccccc1)C=C2. The molecule has 3 rings (SSSR count). The molecule has 0 fully saturated rings. The molecule has 0 bridgehead atoms. The molecule has 2 atom stereocenters. The predicted octanol–water partition coefficient (Wildman–Crippen LogP) is 4.15. The van der Waals surface area contributed by atoms with Crippen LogP contribution in [0.25, 0.3) is 6.08 Å². The third-order valence-corrected chi connectivity index (χ3v) is 4.03. The predicted molar refractivity (Wildman–Crippen MR) is 79.1 cm³/mol. The van der Waals surface area contributed by atoms with Gasteiger partial charge in [-0.25, -0.2) is 0 Å². The van der Waals surface area contributed by atoms with E-state index >= 15 is 0 Å². The van der Waals surface area contributed by atoms with E-state index < -0.39 is 6.10 Å². The molecule has 1 heteroatoms. The van der Waals surface area contributed by atoms with Crippen molar-refractivity contribution in [2.45, 2.75) is 25.9 Å². The molecule has 96 valence electrons. The molecular weight excluding hydrogens is 232 g/mol. The minimum atomic E-state index is -0.457. The van der Waals surface area contributed by atoms with Gasteiger partial charge in [0.2, 0.25) is 0 Å². The maximum atomic E-state index is 10.6. The molecule has 2 aromatic rings. The molecular formula is C18H18O. The normalized spacial score (nSPS) is 21.2. The van der Waals surface area contributed by atoms with Crippen molar-refractivity contribution in [3.63, 3.8) is 0 Å². The molecule has 1 N–H and O–H groups in total. The van der Waals surface area contributed by atoms with Gasteiger partial charge in [0.15, 0.2) is 0 Å². The molecule has 0 unspecified atom stereocenters. The fourth-order valence-corrected chi connectivity index (χ4v) is 2.74. The van der Waals surface area contributed by atoms with Crippen molar-refractivity contribution in [2.24, 2.45) is 0 Å². The van der Waals surface area contributed by atoms with Gasteiger partial charge >= 0.3 is 0 Å². The maximum Gasteiger partial charge on any atom is 0.0899 e. The first-order valence-electron chi connectivity index (χ1n) is 6.69. The monoisotopic (exact) mass is 250 g/mol. The van der Waals surface area contributed by atoms with Gasteiger partial charge in [0, 0.05) is 5.92 Å². The van der Waals surface area contributed by atoms with Gasteiger partial charge in [0.25, 0.3) is 0 Å². The van der Waals surface area contributed by atoms with Crippen LogP contribution < -0.4 is 0 Å². The van der Waals surface area contributed by atoms with Gasteiger partial charge in [-0.15, -0.1) is 0 Å². The minimum Gasteiger partial charge on any atom is -0.387 e. The maximum absolute atomic E-state index is 10.6. The first kappa shape index (κ1) is 12.2. The van der Waals surface area contributed by atoms with E-state index in [0.717, 1.165) is 16.7 Å². The Morgan fingerprint density at radius 2 is 1.63 bits per heavy atom. The van der Waals surface area contributed by atoms with Crippen molar-refractivity contribution < 1.29 is 5.11 Å². The second kappa shape index (κ2) is 4.67. The molecule has 0 radical (unpaired) electrons. The molecule has 0 amide bonds. The summed E-state index contributed by atoms with van der Waals surface area (Å²) in [4.78, 5) is 0. The molecule has 1 aliphatic rings. The smallest absolute Gasteiger partial charge is 0.0899 e. The number of hydrogen-bond donors (Lipinski definition) is 1. The van der Waals surface area contributed by atoms with Gasteiger partial charge in [-0.2, -0.15) is 0 Å². The topological polar surface area (TPSA) is 20.2 Å². The van der Waals surface area contributed by atoms with Crippen LogP contribution in [-0.2, 0) is 0 Å². The summed E-state index contributed by atoms with van der Waals surface area (Å²) in [6, 6.07) is 14.5. The van der Waals surface area contributed by atoms with E-state index in [2.05, 4.69) is 50.3 Å². The highest BCUT2D eigenvalue weighted by Crippen LogP contribution is 2.39. The van der Waals surface area contributed by atoms with Crippen molar-refractivity contribution in [1.82, 2.24) is 0 Å². The lowest BCUT2D eigenvalue weighted by molar-refractivity contribution is 0.160. The van der Waals surface area contributed by atoms with Crippen molar-refractivity contribution in [3.05, 3.63) is 76.4 Å². The standard InChI is InChI=1S/C18H18O/c1-12-10-15-8-9-16(14-6-4-3-5-7-14)18(19)17(15)11-13(12)2/h3-11,16,18-19H,1-2H3/t16-,18+/m0/s1. The average molecular weight is 250 g/mol. The van der Waals surface area contributed by atoms with Gasteiger partial charge in [-0.3, -0.25) is 0 Å². The summed E-state index contributed by atoms with van der Waals surface area (Å²) in [5.74, 6) is 0.0517. The summed E-state index contributed by atoms with van der Waals surface area (Å²) < 4.78 is 0. The Morgan fingerprint density at radius 3 is 2.37 bits per heavy atom. The lowest BCUT2D eigenvalue weighted by Gasteiger charge is -2.27. The Morgan fingerprint density at radius 1 is 0.947 bits per heavy atom. The number of hydrogen-bond acceptors (Lipinski definition) is 1. The Labute approximate surface area is 114 Å². The Kier molecular flexibility index (Phi) is 3.00. The Bertz CT molecular complexity index is 626. The highest BCUT2D eigenvalue weighted by atomic mass is 16.3. The second-order valence-electron chi connectivity index (χ2n) is 5.31. The third kappa shape index (κ3) is 2.11. The molecule has 2 aromatic carbocycles. The van der Waals surface area contributed by atoms with E-state index in [1.165, 1.54) is 11.1 Å². The van der Waals surface area contributed by atoms with Crippen LogP contribution >= 0.6 is 0 Å². The largest absolute Gasteiger partial charge is 0.387 e. The van der Waals surface area contributed by atoms with E-state index in [1.807, 2.05) is 18.2 Å². The summed E-state index contributed by atoms with van der Waals surface area (Å²) in [5, 5.41) is 10.6. The van der Waals surface area contributed by atoms with E-state index in [1.54, 1.807) is 0 Å². The number of benzene rings is 2. The van der Waals surface area contributed by atoms with Crippen LogP contribution in [0.15, 0.2) is 48.5 Å². The zero-order valence-electron chi connectivity index (χ0n) is 11.3. The second-order valence-corrected chi connectivity index (χ2v) is 5.31. The zero-order valence-corrected chi connectivity index (χ0v) is 11.3. The number of aryl methyl sites for hydroxylation is 2. The molecule has 0 aliphatic heterocycles. The number of fused-ring (bicyclic) bond motifs is 1. The summed E-state index contributed by atoms with van der Waals surface area (Å²) in [6.07, 6.45) is 3.78. The highest BCUT2D eigenvalue weighted by molar-refractivity contribution is 5.62. The summed E-state index contributed by atoms with van der Waals surface area (Å²) in [6.45, 7) is 4.21. The molecule has 0 saturated carbocycles. The molecule has 0 heterocycles. The highest BCUT2D eigenvalue weighted by Gasteiger charge is 2.25. The molecule has 0 aromatic heterocycles. The lowest BCUT2D eigenvalue weighted by Crippen LogP contribution is -2.14. The van der Waals surface area contributed by atoms with E-state index in [0.29, 0.717) is 0 Å². The molecule has 0 saturated heterocycles. The van der Waals surface area contributed by atoms with Gasteiger partial charge in [0.1, 0.15) is 0 Å². The molecule has 19 heavy (non-hydrogen) atoms. The Hall–Kier alpha value is -1.86.